The molecule has 2 aromatic rings. The van der Waals surface area contributed by atoms with Crippen molar-refractivity contribution in [2.75, 3.05) is 0 Å². The third-order valence-corrected chi connectivity index (χ3v) is 10.5. The number of rotatable bonds is 4. The fourth-order valence-electron chi connectivity index (χ4n) is 3.56. The molecule has 3 rings (SSSR count). The highest BCUT2D eigenvalue weighted by molar-refractivity contribution is 6.74. The second-order valence-corrected chi connectivity index (χ2v) is 13.8. The SMILES string of the molecule is CC1(O[Si](C)(C)C(C)(C)C)CC(n2cnc3cccc(C(F)F)c32)C1. The number of nitrogens with zero attached hydrogens (tertiary/aromatic N) is 2. The minimum Gasteiger partial charge on any atom is -0.411 e. The molecule has 25 heavy (non-hydrogen) atoms. The Bertz CT molecular complexity index is 773. The van der Waals surface area contributed by atoms with Crippen LogP contribution < -0.4 is 0 Å². The number of benzene rings is 1. The summed E-state index contributed by atoms with van der Waals surface area (Å²) in [5.41, 5.74) is 1.09. The number of halogens is 2. The van der Waals surface area contributed by atoms with Gasteiger partial charge in [-0.1, -0.05) is 32.9 Å². The van der Waals surface area contributed by atoms with Crippen LogP contribution in [-0.2, 0) is 4.43 Å². The van der Waals surface area contributed by atoms with Gasteiger partial charge in [0.15, 0.2) is 8.32 Å². The van der Waals surface area contributed by atoms with Crippen LogP contribution in [0.5, 0.6) is 0 Å². The zero-order valence-corrected chi connectivity index (χ0v) is 16.9. The number of hydrogen-bond acceptors (Lipinski definition) is 2. The van der Waals surface area contributed by atoms with E-state index in [1.807, 2.05) is 4.57 Å². The topological polar surface area (TPSA) is 27.1 Å². The van der Waals surface area contributed by atoms with Crippen LogP contribution in [0.3, 0.4) is 0 Å². The van der Waals surface area contributed by atoms with Gasteiger partial charge in [-0.2, -0.15) is 0 Å². The summed E-state index contributed by atoms with van der Waals surface area (Å²) in [4.78, 5) is 4.32. The highest BCUT2D eigenvalue weighted by Crippen LogP contribution is 2.50. The summed E-state index contributed by atoms with van der Waals surface area (Å²) < 4.78 is 35.3. The predicted octanol–water partition coefficient (Wildman–Crippen LogP) is 6.09. The van der Waals surface area contributed by atoms with Crippen LogP contribution in [0.15, 0.2) is 24.5 Å². The third-order valence-electron chi connectivity index (χ3n) is 5.90. The Balaban J connectivity index is 1.82. The average Bonchev–Trinajstić information content (AvgIpc) is 2.86. The first-order valence-electron chi connectivity index (χ1n) is 8.87. The standard InChI is InChI=1S/C19H28F2N2OSi/c1-18(2,3)25(5,6)24-19(4)10-13(11-19)23-12-22-15-9-7-8-14(16(15)23)17(20)21/h7-9,12-13,17H,10-11H2,1-6H3. The number of para-hydroxylation sites is 1. The molecule has 1 aliphatic rings. The van der Waals surface area contributed by atoms with E-state index in [2.05, 4.69) is 45.8 Å². The van der Waals surface area contributed by atoms with Crippen molar-refractivity contribution in [1.82, 2.24) is 9.55 Å². The van der Waals surface area contributed by atoms with Crippen molar-refractivity contribution in [3.8, 4) is 0 Å². The normalized spacial score (nSPS) is 24.8. The van der Waals surface area contributed by atoms with Gasteiger partial charge in [-0.3, -0.25) is 0 Å². The predicted molar refractivity (Wildman–Crippen MR) is 99.6 cm³/mol. The van der Waals surface area contributed by atoms with Crippen molar-refractivity contribution in [2.24, 2.45) is 0 Å². The van der Waals surface area contributed by atoms with E-state index >= 15 is 0 Å². The van der Waals surface area contributed by atoms with E-state index < -0.39 is 14.7 Å². The van der Waals surface area contributed by atoms with Crippen molar-refractivity contribution in [1.29, 1.82) is 0 Å². The zero-order chi connectivity index (χ0) is 18.6. The Labute approximate surface area is 149 Å². The summed E-state index contributed by atoms with van der Waals surface area (Å²) in [6.07, 6.45) is 0.882. The third kappa shape index (κ3) is 3.26. The fourth-order valence-corrected chi connectivity index (χ4v) is 5.26. The summed E-state index contributed by atoms with van der Waals surface area (Å²) in [6.45, 7) is 13.4. The van der Waals surface area contributed by atoms with Gasteiger partial charge in [0.1, 0.15) is 0 Å². The van der Waals surface area contributed by atoms with Crippen LogP contribution in [0.25, 0.3) is 11.0 Å². The summed E-state index contributed by atoms with van der Waals surface area (Å²) in [7, 11) is -1.85. The lowest BCUT2D eigenvalue weighted by Gasteiger charge is -2.52. The molecule has 0 unspecified atom stereocenters. The summed E-state index contributed by atoms with van der Waals surface area (Å²) in [5, 5.41) is 0.158. The maximum atomic E-state index is 13.4. The lowest BCUT2D eigenvalue weighted by atomic mass is 9.77. The molecule has 3 nitrogen and oxygen atoms in total. The Hall–Kier alpha value is -1.27. The Kier molecular flexibility index (Phi) is 4.35. The van der Waals surface area contributed by atoms with Gasteiger partial charge in [0.05, 0.1) is 23.0 Å². The number of fused-ring (bicyclic) bond motifs is 1. The molecule has 0 aliphatic heterocycles. The number of imidazole rings is 1. The minimum absolute atomic E-state index is 0.0638. The first-order valence-corrected chi connectivity index (χ1v) is 11.8. The van der Waals surface area contributed by atoms with Crippen LogP contribution in [0, 0.1) is 0 Å². The minimum atomic E-state index is -2.49. The summed E-state index contributed by atoms with van der Waals surface area (Å²) in [5.74, 6) is 0. The molecule has 1 fully saturated rings. The average molecular weight is 367 g/mol. The van der Waals surface area contributed by atoms with Gasteiger partial charge >= 0.3 is 0 Å². The van der Waals surface area contributed by atoms with Gasteiger partial charge in [-0.25, -0.2) is 13.8 Å². The molecule has 0 atom stereocenters. The molecule has 138 valence electrons. The highest BCUT2D eigenvalue weighted by atomic mass is 28.4. The van der Waals surface area contributed by atoms with Crippen LogP contribution in [-0.4, -0.2) is 23.5 Å². The van der Waals surface area contributed by atoms with E-state index in [-0.39, 0.29) is 22.2 Å². The van der Waals surface area contributed by atoms with Crippen molar-refractivity contribution >= 4 is 19.4 Å². The Morgan fingerprint density at radius 1 is 1.28 bits per heavy atom. The molecule has 6 heteroatoms. The van der Waals surface area contributed by atoms with Crippen LogP contribution in [0.4, 0.5) is 8.78 Å². The first-order chi connectivity index (χ1) is 11.4. The molecule has 1 heterocycles. The molecule has 1 saturated carbocycles. The van der Waals surface area contributed by atoms with Gasteiger partial charge in [-0.15, -0.1) is 0 Å². The monoisotopic (exact) mass is 366 g/mol. The molecule has 0 amide bonds. The van der Waals surface area contributed by atoms with Gasteiger partial charge in [0.2, 0.25) is 0 Å². The molecule has 0 bridgehead atoms. The second kappa shape index (κ2) is 5.88. The van der Waals surface area contributed by atoms with Crippen LogP contribution >= 0.6 is 0 Å². The van der Waals surface area contributed by atoms with Crippen LogP contribution in [0.2, 0.25) is 18.1 Å². The van der Waals surface area contributed by atoms with E-state index in [1.165, 1.54) is 6.07 Å². The summed E-state index contributed by atoms with van der Waals surface area (Å²) >= 11 is 0. The molecule has 1 aromatic carbocycles. The molecule has 1 aliphatic carbocycles. The maximum Gasteiger partial charge on any atom is 0.265 e. The summed E-state index contributed by atoms with van der Waals surface area (Å²) in [6, 6.07) is 5.10. The first kappa shape index (κ1) is 18.5. The van der Waals surface area contributed by atoms with E-state index in [0.29, 0.717) is 11.0 Å². The molecule has 1 aromatic heterocycles. The largest absolute Gasteiger partial charge is 0.411 e. The highest BCUT2D eigenvalue weighted by Gasteiger charge is 2.49. The van der Waals surface area contributed by atoms with Gasteiger partial charge < -0.3 is 8.99 Å². The number of aromatic nitrogens is 2. The zero-order valence-electron chi connectivity index (χ0n) is 15.9. The van der Waals surface area contributed by atoms with E-state index in [1.54, 1.807) is 18.5 Å². The Morgan fingerprint density at radius 3 is 2.48 bits per heavy atom. The van der Waals surface area contributed by atoms with Crippen molar-refractivity contribution in [3.05, 3.63) is 30.1 Å². The van der Waals surface area contributed by atoms with Crippen molar-refractivity contribution in [2.45, 2.75) is 76.7 Å². The van der Waals surface area contributed by atoms with Gasteiger partial charge in [-0.05, 0) is 44.0 Å². The fraction of sp³-hybridized carbons (Fsp3) is 0.632. The molecule has 0 radical (unpaired) electrons. The van der Waals surface area contributed by atoms with Crippen molar-refractivity contribution < 1.29 is 13.2 Å². The molecular weight excluding hydrogens is 338 g/mol. The molecule has 0 saturated heterocycles. The molecular formula is C19H28F2N2OSi. The van der Waals surface area contributed by atoms with E-state index in [4.69, 9.17) is 4.43 Å². The van der Waals surface area contributed by atoms with Gasteiger partial charge in [0, 0.05) is 11.6 Å². The van der Waals surface area contributed by atoms with Crippen molar-refractivity contribution in [3.63, 3.8) is 0 Å². The van der Waals surface area contributed by atoms with Gasteiger partial charge in [0.25, 0.3) is 6.43 Å². The molecule has 0 spiro atoms. The van der Waals surface area contributed by atoms with E-state index in [9.17, 15) is 8.78 Å². The number of alkyl halides is 2. The lowest BCUT2D eigenvalue weighted by molar-refractivity contribution is -0.0378. The van der Waals surface area contributed by atoms with E-state index in [0.717, 1.165) is 12.8 Å². The lowest BCUT2D eigenvalue weighted by Crippen LogP contribution is -2.54. The molecule has 0 N–H and O–H groups in total. The maximum absolute atomic E-state index is 13.4. The second-order valence-electron chi connectivity index (χ2n) is 9.04. The Morgan fingerprint density at radius 2 is 1.92 bits per heavy atom. The number of hydrogen-bond donors (Lipinski definition) is 0. The quantitative estimate of drug-likeness (QED) is 0.612. The van der Waals surface area contributed by atoms with Crippen LogP contribution in [0.1, 0.15) is 58.6 Å². The smallest absolute Gasteiger partial charge is 0.265 e.